The Morgan fingerprint density at radius 1 is 1.00 bits per heavy atom. The lowest BCUT2D eigenvalue weighted by molar-refractivity contribution is 0.0948. The molecule has 0 aliphatic carbocycles. The Bertz CT molecular complexity index is 1280. The molecule has 1 N–H and O–H groups in total. The van der Waals surface area contributed by atoms with Crippen molar-refractivity contribution in [2.75, 3.05) is 36.0 Å². The van der Waals surface area contributed by atoms with Crippen molar-refractivity contribution in [3.05, 3.63) is 89.0 Å². The molecule has 5 rings (SSSR count). The topological polar surface area (TPSA) is 61.6 Å². The van der Waals surface area contributed by atoms with Gasteiger partial charge in [-0.25, -0.2) is 4.98 Å². The molecule has 0 radical (unpaired) electrons. The summed E-state index contributed by atoms with van der Waals surface area (Å²) < 4.78 is 5.54. The molecule has 7 heteroatoms. The van der Waals surface area contributed by atoms with E-state index in [2.05, 4.69) is 32.2 Å². The molecule has 4 aromatic rings. The summed E-state index contributed by atoms with van der Waals surface area (Å²) in [6, 6.07) is 19.5. The Balaban J connectivity index is 1.32. The molecule has 1 fully saturated rings. The predicted molar refractivity (Wildman–Crippen MR) is 132 cm³/mol. The van der Waals surface area contributed by atoms with Crippen LogP contribution in [0.15, 0.2) is 71.3 Å². The molecule has 1 aliphatic rings. The number of furan rings is 1. The van der Waals surface area contributed by atoms with Crippen LogP contribution in [0.25, 0.3) is 10.8 Å². The van der Waals surface area contributed by atoms with Gasteiger partial charge in [0.05, 0.1) is 6.54 Å². The first-order chi connectivity index (χ1) is 16.1. The number of aryl methyl sites for hydroxylation is 1. The summed E-state index contributed by atoms with van der Waals surface area (Å²) in [5.41, 5.74) is 1.79. The van der Waals surface area contributed by atoms with Gasteiger partial charge in [-0.05, 0) is 66.9 Å². The maximum Gasteiger partial charge on any atom is 0.251 e. The van der Waals surface area contributed by atoms with Crippen LogP contribution in [0.4, 0.5) is 11.5 Å². The molecular weight excluding hydrogens is 436 g/mol. The number of halogens is 1. The van der Waals surface area contributed by atoms with Crippen LogP contribution in [0.2, 0.25) is 5.02 Å². The van der Waals surface area contributed by atoms with Gasteiger partial charge in [-0.3, -0.25) is 4.79 Å². The monoisotopic (exact) mass is 460 g/mol. The number of amides is 1. The fourth-order valence-electron chi connectivity index (χ4n) is 4.22. The van der Waals surface area contributed by atoms with Gasteiger partial charge in [0.1, 0.15) is 17.3 Å². The number of carbonyl (C=O) groups is 1. The summed E-state index contributed by atoms with van der Waals surface area (Å²) in [6.45, 7) is 5.73. The van der Waals surface area contributed by atoms with Crippen molar-refractivity contribution >= 4 is 39.8 Å². The molecule has 2 aromatic carbocycles. The van der Waals surface area contributed by atoms with Crippen molar-refractivity contribution in [2.24, 2.45) is 0 Å². The van der Waals surface area contributed by atoms with E-state index in [1.807, 2.05) is 61.7 Å². The lowest BCUT2D eigenvalue weighted by Crippen LogP contribution is -2.46. The fourth-order valence-corrected chi connectivity index (χ4v) is 4.35. The molecule has 2 aromatic heterocycles. The number of piperazine rings is 1. The van der Waals surface area contributed by atoms with Crippen molar-refractivity contribution in [3.63, 3.8) is 0 Å². The summed E-state index contributed by atoms with van der Waals surface area (Å²) in [5, 5.41) is 5.74. The molecule has 6 nitrogen and oxygen atoms in total. The number of nitrogens with zero attached hydrogens (tertiary/aromatic N) is 3. The summed E-state index contributed by atoms with van der Waals surface area (Å²) >= 11 is 6.03. The normalized spacial score (nSPS) is 14.0. The molecule has 1 saturated heterocycles. The number of fused-ring (bicyclic) bond motifs is 1. The van der Waals surface area contributed by atoms with Gasteiger partial charge in [0.2, 0.25) is 0 Å². The van der Waals surface area contributed by atoms with Crippen molar-refractivity contribution in [1.82, 2.24) is 10.3 Å². The third kappa shape index (κ3) is 4.66. The molecule has 0 atom stereocenters. The van der Waals surface area contributed by atoms with E-state index in [1.165, 1.54) is 5.69 Å². The lowest BCUT2D eigenvalue weighted by Gasteiger charge is -2.37. The predicted octanol–water partition coefficient (Wildman–Crippen LogP) is 5.05. The van der Waals surface area contributed by atoms with Crippen molar-refractivity contribution in [1.29, 1.82) is 0 Å². The number of benzene rings is 2. The first-order valence-corrected chi connectivity index (χ1v) is 11.4. The summed E-state index contributed by atoms with van der Waals surface area (Å²) in [7, 11) is 0. The van der Waals surface area contributed by atoms with Crippen LogP contribution in [0.3, 0.4) is 0 Å². The average Bonchev–Trinajstić information content (AvgIpc) is 3.27. The van der Waals surface area contributed by atoms with E-state index in [4.69, 9.17) is 16.0 Å². The highest BCUT2D eigenvalue weighted by molar-refractivity contribution is 6.30. The van der Waals surface area contributed by atoms with Crippen LogP contribution in [-0.2, 0) is 6.54 Å². The van der Waals surface area contributed by atoms with Gasteiger partial charge in [0, 0.05) is 54.0 Å². The molecule has 1 aliphatic heterocycles. The fraction of sp³-hybridized carbons (Fsp3) is 0.231. The summed E-state index contributed by atoms with van der Waals surface area (Å²) in [5.74, 6) is 2.35. The van der Waals surface area contributed by atoms with Crippen LogP contribution in [0.1, 0.15) is 21.9 Å². The minimum absolute atomic E-state index is 0.131. The Kier molecular flexibility index (Phi) is 5.92. The second-order valence-electron chi connectivity index (χ2n) is 8.22. The zero-order valence-corrected chi connectivity index (χ0v) is 19.2. The molecule has 0 saturated carbocycles. The van der Waals surface area contributed by atoms with Crippen LogP contribution in [-0.4, -0.2) is 37.1 Å². The van der Waals surface area contributed by atoms with Gasteiger partial charge in [-0.1, -0.05) is 17.7 Å². The maximum absolute atomic E-state index is 12.8. The molecular formula is C26H25ClN4O2. The maximum atomic E-state index is 12.8. The first-order valence-electron chi connectivity index (χ1n) is 11.0. The molecule has 33 heavy (non-hydrogen) atoms. The van der Waals surface area contributed by atoms with Crippen molar-refractivity contribution in [2.45, 2.75) is 13.5 Å². The van der Waals surface area contributed by atoms with Crippen LogP contribution in [0, 0.1) is 6.92 Å². The number of anilines is 2. The number of carbonyl (C=O) groups excluding carboxylic acids is 1. The quantitative estimate of drug-likeness (QED) is 0.451. The van der Waals surface area contributed by atoms with Gasteiger partial charge in [0.15, 0.2) is 0 Å². The highest BCUT2D eigenvalue weighted by Gasteiger charge is 2.20. The standard InChI is InChI=1S/C26H25ClN4O2/c1-18-2-9-23(33-18)17-29-26(32)20-4-3-19-10-11-28-25(24(19)16-20)31-14-12-30(13-15-31)22-7-5-21(27)6-8-22/h2-11,16H,12-15,17H2,1H3,(H,29,32). The molecule has 0 spiro atoms. The number of hydrogen-bond acceptors (Lipinski definition) is 5. The van der Waals surface area contributed by atoms with Crippen LogP contribution in [0.5, 0.6) is 0 Å². The SMILES string of the molecule is Cc1ccc(CNC(=O)c2ccc3ccnc(N4CCN(c5ccc(Cl)cc5)CC4)c3c2)o1. The van der Waals surface area contributed by atoms with E-state index in [0.717, 1.165) is 59.3 Å². The second kappa shape index (κ2) is 9.16. The van der Waals surface area contributed by atoms with Crippen LogP contribution >= 0.6 is 11.6 Å². The summed E-state index contributed by atoms with van der Waals surface area (Å²) in [4.78, 5) is 22.1. The van der Waals surface area contributed by atoms with E-state index in [9.17, 15) is 4.79 Å². The van der Waals surface area contributed by atoms with Gasteiger partial charge in [-0.2, -0.15) is 0 Å². The lowest BCUT2D eigenvalue weighted by atomic mass is 10.1. The number of rotatable bonds is 5. The molecule has 3 heterocycles. The largest absolute Gasteiger partial charge is 0.465 e. The van der Waals surface area contributed by atoms with Gasteiger partial charge >= 0.3 is 0 Å². The van der Waals surface area contributed by atoms with Gasteiger partial charge in [-0.15, -0.1) is 0 Å². The first kappa shape index (κ1) is 21.3. The van der Waals surface area contributed by atoms with Gasteiger partial charge < -0.3 is 19.5 Å². The molecule has 0 unspecified atom stereocenters. The highest BCUT2D eigenvalue weighted by Crippen LogP contribution is 2.28. The van der Waals surface area contributed by atoms with E-state index < -0.39 is 0 Å². The number of nitrogens with one attached hydrogen (secondary N) is 1. The number of hydrogen-bond donors (Lipinski definition) is 1. The molecule has 1 amide bonds. The van der Waals surface area contributed by atoms with E-state index >= 15 is 0 Å². The summed E-state index contributed by atoms with van der Waals surface area (Å²) in [6.07, 6.45) is 1.84. The molecule has 168 valence electrons. The Hall–Kier alpha value is -3.51. The smallest absolute Gasteiger partial charge is 0.251 e. The van der Waals surface area contributed by atoms with Crippen LogP contribution < -0.4 is 15.1 Å². The minimum atomic E-state index is -0.131. The molecule has 0 bridgehead atoms. The zero-order chi connectivity index (χ0) is 22.8. The number of pyridine rings is 1. The average molecular weight is 461 g/mol. The number of aromatic nitrogens is 1. The van der Waals surface area contributed by atoms with E-state index in [-0.39, 0.29) is 5.91 Å². The van der Waals surface area contributed by atoms with Crippen molar-refractivity contribution < 1.29 is 9.21 Å². The highest BCUT2D eigenvalue weighted by atomic mass is 35.5. The van der Waals surface area contributed by atoms with Crippen molar-refractivity contribution in [3.8, 4) is 0 Å². The van der Waals surface area contributed by atoms with E-state index in [0.29, 0.717) is 12.1 Å². The third-order valence-corrected chi connectivity index (χ3v) is 6.25. The van der Waals surface area contributed by atoms with Gasteiger partial charge in [0.25, 0.3) is 5.91 Å². The minimum Gasteiger partial charge on any atom is -0.465 e. The zero-order valence-electron chi connectivity index (χ0n) is 18.4. The van der Waals surface area contributed by atoms with E-state index in [1.54, 1.807) is 0 Å². The Morgan fingerprint density at radius 3 is 2.48 bits per heavy atom. The second-order valence-corrected chi connectivity index (χ2v) is 8.65. The Labute approximate surface area is 197 Å². The Morgan fingerprint density at radius 2 is 1.76 bits per heavy atom. The third-order valence-electron chi connectivity index (χ3n) is 6.00.